The molecule has 5 heteroatoms. The molecular weight excluding hydrogens is 424 g/mol. The van der Waals surface area contributed by atoms with E-state index in [0.29, 0.717) is 11.5 Å². The quantitative estimate of drug-likeness (QED) is 0.293. The molecule has 2 saturated carbocycles. The number of rotatable bonds is 7. The molecule has 176 valence electrons. The SMILES string of the molecule is C=C1C[C@@H]1c1c(C(=O)OC)cnn1-c1cccc(-c2cccc(O[C@@H](C)C3CCCCC3)c2)c1. The topological polar surface area (TPSA) is 53.3 Å². The van der Waals surface area contributed by atoms with Gasteiger partial charge in [-0.15, -0.1) is 0 Å². The molecule has 1 heterocycles. The van der Waals surface area contributed by atoms with Gasteiger partial charge in [-0.25, -0.2) is 9.48 Å². The number of hydrogen-bond acceptors (Lipinski definition) is 4. The number of esters is 1. The molecule has 0 bridgehead atoms. The summed E-state index contributed by atoms with van der Waals surface area (Å²) in [5.41, 5.74) is 5.54. The van der Waals surface area contributed by atoms with E-state index < -0.39 is 0 Å². The summed E-state index contributed by atoms with van der Waals surface area (Å²) < 4.78 is 13.2. The molecule has 5 nitrogen and oxygen atoms in total. The number of methoxy groups -OCH3 is 1. The standard InChI is InChI=1S/C29H32N2O3/c1-19-15-26(19)28-27(29(32)33-3)18-30-31(28)24-13-7-11-22(16-24)23-12-8-14-25(17-23)34-20(2)21-9-5-4-6-10-21/h7-8,11-14,16-18,20-21,26H,1,4-6,9-10,15H2,2-3H3/t20-,26-/m0/s1. The zero-order valence-electron chi connectivity index (χ0n) is 20.0. The number of benzene rings is 2. The summed E-state index contributed by atoms with van der Waals surface area (Å²) in [6, 6.07) is 16.5. The van der Waals surface area contributed by atoms with E-state index in [2.05, 4.69) is 42.9 Å². The van der Waals surface area contributed by atoms with Gasteiger partial charge in [0, 0.05) is 5.92 Å². The van der Waals surface area contributed by atoms with Crippen molar-refractivity contribution < 1.29 is 14.3 Å². The van der Waals surface area contributed by atoms with Crippen LogP contribution in [0.1, 0.15) is 67.4 Å². The van der Waals surface area contributed by atoms with E-state index in [1.54, 1.807) is 6.20 Å². The van der Waals surface area contributed by atoms with Gasteiger partial charge in [0.1, 0.15) is 11.3 Å². The summed E-state index contributed by atoms with van der Waals surface area (Å²) in [7, 11) is 1.40. The van der Waals surface area contributed by atoms with E-state index in [4.69, 9.17) is 9.47 Å². The lowest BCUT2D eigenvalue weighted by Crippen LogP contribution is -2.25. The van der Waals surface area contributed by atoms with Crippen LogP contribution in [-0.2, 0) is 4.74 Å². The molecule has 5 rings (SSSR count). The van der Waals surface area contributed by atoms with Gasteiger partial charge in [-0.1, -0.05) is 55.7 Å². The minimum atomic E-state index is -0.367. The molecule has 2 fully saturated rings. The van der Waals surface area contributed by atoms with Gasteiger partial charge in [-0.2, -0.15) is 5.10 Å². The van der Waals surface area contributed by atoms with Crippen LogP contribution in [0.2, 0.25) is 0 Å². The second kappa shape index (κ2) is 9.49. The summed E-state index contributed by atoms with van der Waals surface area (Å²) in [5, 5.41) is 4.54. The third-order valence-corrected chi connectivity index (χ3v) is 7.23. The maximum atomic E-state index is 12.3. The molecule has 3 aromatic rings. The van der Waals surface area contributed by atoms with Crippen molar-refractivity contribution in [1.29, 1.82) is 0 Å². The monoisotopic (exact) mass is 456 g/mol. The number of hydrogen-bond donors (Lipinski definition) is 0. The maximum Gasteiger partial charge on any atom is 0.341 e. The normalized spacial score (nSPS) is 19.0. The number of ether oxygens (including phenoxy) is 2. The number of nitrogens with zero attached hydrogens (tertiary/aromatic N) is 2. The summed E-state index contributed by atoms with van der Waals surface area (Å²) >= 11 is 0. The Labute approximate surface area is 201 Å². The number of carbonyl (C=O) groups excluding carboxylic acids is 1. The Balaban J connectivity index is 1.42. The van der Waals surface area contributed by atoms with Crippen molar-refractivity contribution in [1.82, 2.24) is 9.78 Å². The van der Waals surface area contributed by atoms with Crippen molar-refractivity contribution in [3.63, 3.8) is 0 Å². The van der Waals surface area contributed by atoms with E-state index in [1.165, 1.54) is 39.2 Å². The van der Waals surface area contributed by atoms with Gasteiger partial charge >= 0.3 is 5.97 Å². The van der Waals surface area contributed by atoms with Crippen molar-refractivity contribution in [2.75, 3.05) is 7.11 Å². The van der Waals surface area contributed by atoms with Crippen molar-refractivity contribution in [2.24, 2.45) is 5.92 Å². The highest BCUT2D eigenvalue weighted by Crippen LogP contribution is 2.47. The average molecular weight is 457 g/mol. The van der Waals surface area contributed by atoms with Gasteiger partial charge in [0.05, 0.1) is 30.8 Å². The fourth-order valence-electron chi connectivity index (χ4n) is 5.14. The predicted octanol–water partition coefficient (Wildman–Crippen LogP) is 6.72. The minimum absolute atomic E-state index is 0.137. The highest BCUT2D eigenvalue weighted by Gasteiger charge is 2.37. The largest absolute Gasteiger partial charge is 0.490 e. The Morgan fingerprint density at radius 3 is 2.50 bits per heavy atom. The van der Waals surface area contributed by atoms with Crippen molar-refractivity contribution in [3.05, 3.63) is 78.1 Å². The first-order valence-corrected chi connectivity index (χ1v) is 12.3. The first kappa shape index (κ1) is 22.5. The van der Waals surface area contributed by atoms with Crippen LogP contribution < -0.4 is 4.74 Å². The molecule has 0 amide bonds. The van der Waals surface area contributed by atoms with Crippen LogP contribution in [0, 0.1) is 5.92 Å². The molecule has 0 saturated heterocycles. The fraction of sp³-hybridized carbons (Fsp3) is 0.379. The summed E-state index contributed by atoms with van der Waals surface area (Å²) in [6.07, 6.45) is 9.18. The Morgan fingerprint density at radius 2 is 1.79 bits per heavy atom. The number of aromatic nitrogens is 2. The van der Waals surface area contributed by atoms with Gasteiger partial charge in [0.15, 0.2) is 0 Å². The van der Waals surface area contributed by atoms with Crippen molar-refractivity contribution in [3.8, 4) is 22.6 Å². The zero-order valence-corrected chi connectivity index (χ0v) is 20.0. The highest BCUT2D eigenvalue weighted by atomic mass is 16.5. The van der Waals surface area contributed by atoms with Crippen LogP contribution in [0.3, 0.4) is 0 Å². The average Bonchev–Trinajstić information content (AvgIpc) is 3.43. The molecule has 0 radical (unpaired) electrons. The van der Waals surface area contributed by atoms with Gasteiger partial charge in [0.2, 0.25) is 0 Å². The maximum absolute atomic E-state index is 12.3. The van der Waals surface area contributed by atoms with Gasteiger partial charge in [0.25, 0.3) is 0 Å². The smallest absolute Gasteiger partial charge is 0.341 e. The third-order valence-electron chi connectivity index (χ3n) is 7.23. The van der Waals surface area contributed by atoms with E-state index in [-0.39, 0.29) is 18.0 Å². The first-order valence-electron chi connectivity index (χ1n) is 12.3. The zero-order chi connectivity index (χ0) is 23.7. The summed E-state index contributed by atoms with van der Waals surface area (Å²) in [5.74, 6) is 1.32. The Hall–Kier alpha value is -3.34. The van der Waals surface area contributed by atoms with Gasteiger partial charge in [-0.3, -0.25) is 0 Å². The van der Waals surface area contributed by atoms with Crippen molar-refractivity contribution >= 4 is 5.97 Å². The van der Waals surface area contributed by atoms with E-state index in [0.717, 1.165) is 40.3 Å². The molecule has 1 aromatic heterocycles. The second-order valence-electron chi connectivity index (χ2n) is 9.56. The molecule has 2 aliphatic carbocycles. The van der Waals surface area contributed by atoms with Crippen LogP contribution in [0.25, 0.3) is 16.8 Å². The predicted molar refractivity (Wildman–Crippen MR) is 134 cm³/mol. The van der Waals surface area contributed by atoms with Crippen LogP contribution in [0.5, 0.6) is 5.75 Å². The lowest BCUT2D eigenvalue weighted by atomic mass is 9.86. The highest BCUT2D eigenvalue weighted by molar-refractivity contribution is 5.91. The van der Waals surface area contributed by atoms with E-state index in [9.17, 15) is 4.79 Å². The Kier molecular flexibility index (Phi) is 6.27. The molecule has 0 aliphatic heterocycles. The number of carbonyl (C=O) groups is 1. The molecule has 2 aromatic carbocycles. The van der Waals surface area contributed by atoms with E-state index >= 15 is 0 Å². The molecule has 0 spiro atoms. The fourth-order valence-corrected chi connectivity index (χ4v) is 5.14. The lowest BCUT2D eigenvalue weighted by Gasteiger charge is -2.28. The second-order valence-corrected chi connectivity index (χ2v) is 9.56. The van der Waals surface area contributed by atoms with Crippen LogP contribution in [0.15, 0.2) is 66.9 Å². The van der Waals surface area contributed by atoms with Crippen LogP contribution >= 0.6 is 0 Å². The molecule has 2 atom stereocenters. The lowest BCUT2D eigenvalue weighted by molar-refractivity contribution is 0.0599. The Morgan fingerprint density at radius 1 is 1.09 bits per heavy atom. The third kappa shape index (κ3) is 4.52. The Bertz CT molecular complexity index is 1210. The summed E-state index contributed by atoms with van der Waals surface area (Å²) in [6.45, 7) is 6.29. The summed E-state index contributed by atoms with van der Waals surface area (Å²) in [4.78, 5) is 12.3. The first-order chi connectivity index (χ1) is 16.5. The van der Waals surface area contributed by atoms with Crippen molar-refractivity contribution in [2.45, 2.75) is 57.5 Å². The molecule has 34 heavy (non-hydrogen) atoms. The molecule has 0 N–H and O–H groups in total. The number of allylic oxidation sites excluding steroid dienone is 1. The van der Waals surface area contributed by atoms with Crippen LogP contribution in [0.4, 0.5) is 0 Å². The van der Waals surface area contributed by atoms with Crippen LogP contribution in [-0.4, -0.2) is 29.0 Å². The molecular formula is C29H32N2O3. The molecule has 2 aliphatic rings. The van der Waals surface area contributed by atoms with E-state index in [1.807, 2.05) is 28.9 Å². The minimum Gasteiger partial charge on any atom is -0.490 e. The van der Waals surface area contributed by atoms with Gasteiger partial charge < -0.3 is 9.47 Å². The molecule has 0 unspecified atom stereocenters. The van der Waals surface area contributed by atoms with Gasteiger partial charge in [-0.05, 0) is 67.5 Å².